The van der Waals surface area contributed by atoms with Crippen molar-refractivity contribution in [3.8, 4) is 5.88 Å². The summed E-state index contributed by atoms with van der Waals surface area (Å²) < 4.78 is 27.5. The maximum absolute atomic E-state index is 13.3. The van der Waals surface area contributed by atoms with Gasteiger partial charge in [-0.15, -0.1) is 10.2 Å². The van der Waals surface area contributed by atoms with Crippen molar-refractivity contribution in [1.29, 1.82) is 0 Å². The average molecular weight is 449 g/mol. The van der Waals surface area contributed by atoms with E-state index in [0.29, 0.717) is 16.6 Å². The second kappa shape index (κ2) is 8.64. The summed E-state index contributed by atoms with van der Waals surface area (Å²) in [5.74, 6) is -1.01. The number of nitrogens with zero attached hydrogens (tertiary/aromatic N) is 3. The van der Waals surface area contributed by atoms with E-state index in [1.54, 1.807) is 66.7 Å². The van der Waals surface area contributed by atoms with Gasteiger partial charge in [-0.25, -0.2) is 8.42 Å². The van der Waals surface area contributed by atoms with E-state index >= 15 is 0 Å². The van der Waals surface area contributed by atoms with Crippen LogP contribution in [0.25, 0.3) is 10.9 Å². The number of carbonyl (C=O) groups is 1. The molecule has 4 aromatic rings. The van der Waals surface area contributed by atoms with Crippen LogP contribution >= 0.6 is 0 Å². The fraction of sp³-hybridized carbons (Fsp3) is 0.0870. The molecule has 0 spiro atoms. The van der Waals surface area contributed by atoms with Crippen molar-refractivity contribution in [3.05, 3.63) is 84.4 Å². The Kier molecular flexibility index (Phi) is 5.74. The highest BCUT2D eigenvalue weighted by Crippen LogP contribution is 2.35. The third kappa shape index (κ3) is 4.23. The van der Waals surface area contributed by atoms with Crippen LogP contribution in [-0.4, -0.2) is 31.0 Å². The molecule has 8 nitrogen and oxygen atoms in total. The van der Waals surface area contributed by atoms with Gasteiger partial charge in [-0.2, -0.15) is 0 Å². The molecule has 3 aromatic carbocycles. The highest BCUT2D eigenvalue weighted by Gasteiger charge is 2.27. The van der Waals surface area contributed by atoms with Gasteiger partial charge in [-0.1, -0.05) is 54.1 Å². The maximum atomic E-state index is 13.3. The van der Waals surface area contributed by atoms with Crippen LogP contribution in [0.1, 0.15) is 5.56 Å². The SMILES string of the molecule is Cc1ccc(N(CC(=O)N=Nc2c(O)[nH]c3ccccc23)S(=O)(=O)c2ccccc2)cc1. The molecule has 0 bridgehead atoms. The molecule has 2 N–H and O–H groups in total. The number of rotatable bonds is 6. The van der Waals surface area contributed by atoms with E-state index in [1.807, 2.05) is 6.92 Å². The minimum Gasteiger partial charge on any atom is -0.493 e. The Morgan fingerprint density at radius 2 is 1.62 bits per heavy atom. The number of anilines is 1. The van der Waals surface area contributed by atoms with Crippen LogP contribution in [0.15, 0.2) is 94.0 Å². The summed E-state index contributed by atoms with van der Waals surface area (Å²) >= 11 is 0. The van der Waals surface area contributed by atoms with Crippen LogP contribution in [-0.2, 0) is 14.8 Å². The lowest BCUT2D eigenvalue weighted by molar-refractivity contribution is -0.116. The lowest BCUT2D eigenvalue weighted by atomic mass is 10.2. The van der Waals surface area contributed by atoms with Gasteiger partial charge in [0.15, 0.2) is 5.69 Å². The molecule has 1 aromatic heterocycles. The highest BCUT2D eigenvalue weighted by molar-refractivity contribution is 7.92. The number of aryl methyl sites for hydroxylation is 1. The summed E-state index contributed by atoms with van der Waals surface area (Å²) in [6.07, 6.45) is 0. The lowest BCUT2D eigenvalue weighted by Crippen LogP contribution is -2.35. The fourth-order valence-electron chi connectivity index (χ4n) is 3.22. The molecule has 0 saturated carbocycles. The Labute approximate surface area is 184 Å². The smallest absolute Gasteiger partial charge is 0.285 e. The normalized spacial score (nSPS) is 11.8. The molecular formula is C23H20N4O4S. The Morgan fingerprint density at radius 3 is 2.34 bits per heavy atom. The fourth-order valence-corrected chi connectivity index (χ4v) is 4.66. The molecule has 1 amide bonds. The minimum atomic E-state index is -4.02. The van der Waals surface area contributed by atoms with Crippen LogP contribution in [0.5, 0.6) is 5.88 Å². The molecule has 32 heavy (non-hydrogen) atoms. The minimum absolute atomic E-state index is 0.0552. The van der Waals surface area contributed by atoms with Crippen molar-refractivity contribution < 1.29 is 18.3 Å². The number of hydrogen-bond acceptors (Lipinski definition) is 5. The van der Waals surface area contributed by atoms with Crippen LogP contribution in [0.3, 0.4) is 0 Å². The number of hydrogen-bond donors (Lipinski definition) is 2. The summed E-state index contributed by atoms with van der Waals surface area (Å²) in [4.78, 5) is 15.5. The Morgan fingerprint density at radius 1 is 0.969 bits per heavy atom. The zero-order valence-corrected chi connectivity index (χ0v) is 18.0. The first kappa shape index (κ1) is 21.3. The van der Waals surface area contributed by atoms with Crippen molar-refractivity contribution >= 4 is 38.2 Å². The molecule has 9 heteroatoms. The van der Waals surface area contributed by atoms with E-state index < -0.39 is 22.5 Å². The summed E-state index contributed by atoms with van der Waals surface area (Å²) in [5.41, 5.74) is 2.03. The zero-order valence-electron chi connectivity index (χ0n) is 17.1. The second-order valence-electron chi connectivity index (χ2n) is 7.12. The molecule has 4 rings (SSSR count). The zero-order chi connectivity index (χ0) is 22.7. The predicted molar refractivity (Wildman–Crippen MR) is 122 cm³/mol. The highest BCUT2D eigenvalue weighted by atomic mass is 32.2. The van der Waals surface area contributed by atoms with Crippen LogP contribution in [0.2, 0.25) is 0 Å². The summed E-state index contributed by atoms with van der Waals surface area (Å²) in [6.45, 7) is 1.33. The van der Waals surface area contributed by atoms with Crippen molar-refractivity contribution in [2.45, 2.75) is 11.8 Å². The second-order valence-corrected chi connectivity index (χ2v) is 8.98. The van der Waals surface area contributed by atoms with E-state index in [9.17, 15) is 18.3 Å². The number of aromatic nitrogens is 1. The van der Waals surface area contributed by atoms with Crippen LogP contribution < -0.4 is 4.31 Å². The topological polar surface area (TPSA) is 115 Å². The van der Waals surface area contributed by atoms with Crippen molar-refractivity contribution in [3.63, 3.8) is 0 Å². The molecule has 0 aliphatic rings. The lowest BCUT2D eigenvalue weighted by Gasteiger charge is -2.23. The quantitative estimate of drug-likeness (QED) is 0.416. The predicted octanol–water partition coefficient (Wildman–Crippen LogP) is 4.69. The van der Waals surface area contributed by atoms with E-state index in [2.05, 4.69) is 15.2 Å². The first-order valence-corrected chi connectivity index (χ1v) is 11.2. The van der Waals surface area contributed by atoms with Gasteiger partial charge in [0.25, 0.3) is 15.9 Å². The van der Waals surface area contributed by atoms with E-state index in [0.717, 1.165) is 9.87 Å². The van der Waals surface area contributed by atoms with E-state index in [-0.39, 0.29) is 16.5 Å². The molecule has 1 heterocycles. The molecular weight excluding hydrogens is 428 g/mol. The van der Waals surface area contributed by atoms with Crippen LogP contribution in [0.4, 0.5) is 11.4 Å². The van der Waals surface area contributed by atoms with Gasteiger partial charge in [0.05, 0.1) is 16.1 Å². The maximum Gasteiger partial charge on any atom is 0.285 e. The Bertz CT molecular complexity index is 1400. The monoisotopic (exact) mass is 448 g/mol. The summed E-state index contributed by atoms with van der Waals surface area (Å²) in [6, 6.07) is 21.7. The van der Waals surface area contributed by atoms with Gasteiger partial charge in [-0.05, 0) is 37.3 Å². The molecule has 162 valence electrons. The number of benzene rings is 3. The number of H-pyrrole nitrogens is 1. The molecule has 0 aliphatic heterocycles. The number of azo groups is 1. The number of para-hydroxylation sites is 1. The molecule has 0 unspecified atom stereocenters. The third-order valence-corrected chi connectivity index (χ3v) is 6.64. The van der Waals surface area contributed by atoms with E-state index in [4.69, 9.17) is 0 Å². The molecule has 0 radical (unpaired) electrons. The largest absolute Gasteiger partial charge is 0.493 e. The molecule has 0 atom stereocenters. The number of amides is 1. The van der Waals surface area contributed by atoms with Gasteiger partial charge in [-0.3, -0.25) is 9.10 Å². The Balaban J connectivity index is 1.66. The Hall–Kier alpha value is -3.98. The van der Waals surface area contributed by atoms with Crippen molar-refractivity contribution in [2.24, 2.45) is 10.2 Å². The van der Waals surface area contributed by atoms with Crippen LogP contribution in [0, 0.1) is 6.92 Å². The average Bonchev–Trinajstić information content (AvgIpc) is 3.12. The molecule has 0 aliphatic carbocycles. The number of aromatic hydroxyl groups is 1. The number of aromatic amines is 1. The molecule has 0 fully saturated rings. The van der Waals surface area contributed by atoms with Gasteiger partial charge >= 0.3 is 0 Å². The number of sulfonamides is 1. The number of nitrogens with one attached hydrogen (secondary N) is 1. The van der Waals surface area contributed by atoms with E-state index in [1.165, 1.54) is 12.1 Å². The summed E-state index contributed by atoms with van der Waals surface area (Å²) in [5, 5.41) is 18.2. The van der Waals surface area contributed by atoms with Crippen molar-refractivity contribution in [1.82, 2.24) is 4.98 Å². The number of carbonyl (C=O) groups excluding carboxylic acids is 1. The van der Waals surface area contributed by atoms with Gasteiger partial charge < -0.3 is 10.1 Å². The number of fused-ring (bicyclic) bond motifs is 1. The standard InChI is InChI=1S/C23H20N4O4S/c1-16-11-13-17(14-12-16)27(32(30,31)18-7-3-2-4-8-18)15-21(28)25-26-22-19-9-5-6-10-20(19)24-23(22)29/h2-14,24,29H,15H2,1H3. The third-order valence-electron chi connectivity index (χ3n) is 4.85. The van der Waals surface area contributed by atoms with Crippen molar-refractivity contribution in [2.75, 3.05) is 10.8 Å². The van der Waals surface area contributed by atoms with Gasteiger partial charge in [0.1, 0.15) is 6.54 Å². The first-order valence-electron chi connectivity index (χ1n) is 9.75. The van der Waals surface area contributed by atoms with Gasteiger partial charge in [0.2, 0.25) is 5.88 Å². The summed E-state index contributed by atoms with van der Waals surface area (Å²) in [7, 11) is -4.02. The first-order chi connectivity index (χ1) is 15.4. The molecule has 0 saturated heterocycles. The van der Waals surface area contributed by atoms with Gasteiger partial charge in [0, 0.05) is 5.39 Å².